The first kappa shape index (κ1) is 22.6. The molecule has 4 rings (SSSR count). The van der Waals surface area contributed by atoms with Crippen molar-refractivity contribution in [3.05, 3.63) is 59.7 Å². The monoisotopic (exact) mass is 457 g/mol. The van der Waals surface area contributed by atoms with Gasteiger partial charge in [-0.05, 0) is 74.2 Å². The van der Waals surface area contributed by atoms with Crippen LogP contribution in [-0.2, 0) is 20.2 Å². The predicted octanol–water partition coefficient (Wildman–Crippen LogP) is 3.05. The first-order valence-corrected chi connectivity index (χ1v) is 12.9. The molecule has 1 aliphatic carbocycles. The highest BCUT2D eigenvalue weighted by Gasteiger charge is 2.51. The van der Waals surface area contributed by atoms with Crippen LogP contribution in [0.25, 0.3) is 0 Å². The summed E-state index contributed by atoms with van der Waals surface area (Å²) in [5.74, 6) is 0.755. The maximum absolute atomic E-state index is 13.5. The minimum Gasteiger partial charge on any atom is -0.497 e. The van der Waals surface area contributed by atoms with Crippen molar-refractivity contribution >= 4 is 21.6 Å². The van der Waals surface area contributed by atoms with Gasteiger partial charge in [0.1, 0.15) is 5.75 Å². The van der Waals surface area contributed by atoms with Crippen molar-refractivity contribution < 1.29 is 17.9 Å². The number of carbonyl (C=O) groups excluding carboxylic acids is 1. The third kappa shape index (κ3) is 5.24. The molecule has 1 aliphatic heterocycles. The second-order valence-electron chi connectivity index (χ2n) is 8.85. The van der Waals surface area contributed by atoms with Crippen LogP contribution in [0.4, 0.5) is 5.69 Å². The van der Waals surface area contributed by atoms with Crippen molar-refractivity contribution in [1.82, 2.24) is 10.2 Å². The highest BCUT2D eigenvalue weighted by atomic mass is 32.2. The van der Waals surface area contributed by atoms with E-state index in [4.69, 9.17) is 4.74 Å². The molecule has 0 radical (unpaired) electrons. The third-order valence-corrected chi connectivity index (χ3v) is 6.95. The summed E-state index contributed by atoms with van der Waals surface area (Å²) in [4.78, 5) is 15.9. The van der Waals surface area contributed by atoms with Gasteiger partial charge in [0.25, 0.3) is 0 Å². The number of ether oxygens (including phenoxy) is 1. The summed E-state index contributed by atoms with van der Waals surface area (Å²) in [6.45, 7) is 2.84. The normalized spacial score (nSPS) is 18.7. The van der Waals surface area contributed by atoms with Gasteiger partial charge in [-0.2, -0.15) is 0 Å². The van der Waals surface area contributed by atoms with E-state index in [9.17, 15) is 13.2 Å². The molecule has 1 saturated carbocycles. The minimum atomic E-state index is -3.38. The summed E-state index contributed by atoms with van der Waals surface area (Å²) in [5.41, 5.74) is 1.73. The standard InChI is InChI=1S/C24H31N3O4S/c1-31-21-10-5-7-18(15-21)22(17-27-13-3-4-14-27)25-23(28)24(11-12-24)19-8-6-9-20(16-19)26-32(2,29)30/h5-10,15-16,22,26H,3-4,11-14,17H2,1-2H3,(H,25,28). The van der Waals surface area contributed by atoms with Crippen LogP contribution in [0.3, 0.4) is 0 Å². The summed E-state index contributed by atoms with van der Waals surface area (Å²) in [6, 6.07) is 14.9. The van der Waals surface area contributed by atoms with Gasteiger partial charge in [-0.3, -0.25) is 9.52 Å². The number of hydrogen-bond donors (Lipinski definition) is 2. The Bertz CT molecular complexity index is 1080. The second-order valence-corrected chi connectivity index (χ2v) is 10.6. The molecule has 8 heteroatoms. The topological polar surface area (TPSA) is 87.7 Å². The van der Waals surface area contributed by atoms with Crippen molar-refractivity contribution in [2.75, 3.05) is 37.7 Å². The number of benzene rings is 2. The Morgan fingerprint density at radius 3 is 2.50 bits per heavy atom. The quantitative estimate of drug-likeness (QED) is 0.604. The van der Waals surface area contributed by atoms with Gasteiger partial charge in [-0.15, -0.1) is 0 Å². The Labute approximate surface area is 190 Å². The molecule has 1 saturated heterocycles. The van der Waals surface area contributed by atoms with Crippen molar-refractivity contribution in [3.63, 3.8) is 0 Å². The first-order chi connectivity index (χ1) is 15.3. The van der Waals surface area contributed by atoms with Crippen LogP contribution in [0, 0.1) is 0 Å². The zero-order valence-corrected chi connectivity index (χ0v) is 19.5. The number of nitrogens with zero attached hydrogens (tertiary/aromatic N) is 1. The van der Waals surface area contributed by atoms with Crippen LogP contribution in [0.2, 0.25) is 0 Å². The highest BCUT2D eigenvalue weighted by Crippen LogP contribution is 2.49. The van der Waals surface area contributed by atoms with Crippen LogP contribution in [0.1, 0.15) is 42.9 Å². The molecular formula is C24H31N3O4S. The van der Waals surface area contributed by atoms with Crippen LogP contribution < -0.4 is 14.8 Å². The number of methoxy groups -OCH3 is 1. The number of rotatable bonds is 9. The van der Waals surface area contributed by atoms with Crippen molar-refractivity contribution in [2.24, 2.45) is 0 Å². The van der Waals surface area contributed by atoms with Crippen molar-refractivity contribution in [2.45, 2.75) is 37.1 Å². The summed E-state index contributed by atoms with van der Waals surface area (Å²) in [5, 5.41) is 3.31. The van der Waals surface area contributed by atoms with Gasteiger partial charge in [0, 0.05) is 12.2 Å². The van der Waals surface area contributed by atoms with Gasteiger partial charge in [0.2, 0.25) is 15.9 Å². The molecule has 2 aromatic rings. The largest absolute Gasteiger partial charge is 0.497 e. The molecule has 2 fully saturated rings. The van der Waals surface area contributed by atoms with Crippen LogP contribution in [0.5, 0.6) is 5.75 Å². The van der Waals surface area contributed by atoms with Gasteiger partial charge < -0.3 is 15.0 Å². The lowest BCUT2D eigenvalue weighted by Crippen LogP contribution is -2.42. The average molecular weight is 458 g/mol. The molecule has 1 amide bonds. The van der Waals surface area contributed by atoms with Gasteiger partial charge in [-0.1, -0.05) is 24.3 Å². The number of likely N-dealkylation sites (tertiary alicyclic amines) is 1. The lowest BCUT2D eigenvalue weighted by Gasteiger charge is -2.27. The number of hydrogen-bond acceptors (Lipinski definition) is 5. The fourth-order valence-electron chi connectivity index (χ4n) is 4.48. The number of carbonyl (C=O) groups is 1. The molecule has 1 unspecified atom stereocenters. The number of amides is 1. The summed E-state index contributed by atoms with van der Waals surface area (Å²) < 4.78 is 31.2. The molecular weight excluding hydrogens is 426 g/mol. The van der Waals surface area contributed by atoms with Gasteiger partial charge >= 0.3 is 0 Å². The number of nitrogens with one attached hydrogen (secondary N) is 2. The maximum atomic E-state index is 13.5. The fourth-order valence-corrected chi connectivity index (χ4v) is 5.03. The zero-order valence-electron chi connectivity index (χ0n) is 18.6. The molecule has 0 spiro atoms. The minimum absolute atomic E-state index is 0.0129. The smallest absolute Gasteiger partial charge is 0.231 e. The van der Waals surface area contributed by atoms with E-state index in [2.05, 4.69) is 14.9 Å². The molecule has 0 aromatic heterocycles. The van der Waals surface area contributed by atoms with E-state index in [1.54, 1.807) is 25.3 Å². The lowest BCUT2D eigenvalue weighted by molar-refractivity contribution is -0.124. The van der Waals surface area contributed by atoms with E-state index in [0.717, 1.165) is 55.6 Å². The lowest BCUT2D eigenvalue weighted by atomic mass is 9.93. The van der Waals surface area contributed by atoms with Crippen LogP contribution in [0.15, 0.2) is 48.5 Å². The molecule has 32 heavy (non-hydrogen) atoms. The molecule has 2 aliphatic rings. The Kier molecular flexibility index (Phi) is 6.44. The van der Waals surface area contributed by atoms with Crippen LogP contribution >= 0.6 is 0 Å². The maximum Gasteiger partial charge on any atom is 0.231 e. The summed E-state index contributed by atoms with van der Waals surface area (Å²) >= 11 is 0. The van der Waals surface area contributed by atoms with Crippen molar-refractivity contribution in [1.29, 1.82) is 0 Å². The Morgan fingerprint density at radius 2 is 1.84 bits per heavy atom. The van der Waals surface area contributed by atoms with E-state index < -0.39 is 15.4 Å². The Morgan fingerprint density at radius 1 is 1.12 bits per heavy atom. The molecule has 2 aromatic carbocycles. The molecule has 2 N–H and O–H groups in total. The van der Waals surface area contributed by atoms with Crippen LogP contribution in [-0.4, -0.2) is 52.2 Å². The van der Waals surface area contributed by atoms with Gasteiger partial charge in [0.05, 0.1) is 24.8 Å². The molecule has 172 valence electrons. The van der Waals surface area contributed by atoms with E-state index in [0.29, 0.717) is 5.69 Å². The summed E-state index contributed by atoms with van der Waals surface area (Å²) in [6.07, 6.45) is 4.98. The number of anilines is 1. The first-order valence-electron chi connectivity index (χ1n) is 11.0. The Hall–Kier alpha value is -2.58. The van der Waals surface area contributed by atoms with E-state index in [-0.39, 0.29) is 11.9 Å². The second kappa shape index (κ2) is 9.11. The average Bonchev–Trinajstić information content (AvgIpc) is 3.42. The van der Waals surface area contributed by atoms with Gasteiger partial charge in [-0.25, -0.2) is 8.42 Å². The highest BCUT2D eigenvalue weighted by molar-refractivity contribution is 7.92. The molecule has 7 nitrogen and oxygen atoms in total. The third-order valence-electron chi connectivity index (χ3n) is 6.34. The van der Waals surface area contributed by atoms with E-state index in [1.807, 2.05) is 30.3 Å². The molecule has 1 atom stereocenters. The van der Waals surface area contributed by atoms with Gasteiger partial charge in [0.15, 0.2) is 0 Å². The molecule has 0 bridgehead atoms. The van der Waals surface area contributed by atoms with E-state index >= 15 is 0 Å². The predicted molar refractivity (Wildman–Crippen MR) is 125 cm³/mol. The Balaban J connectivity index is 1.56. The summed E-state index contributed by atoms with van der Waals surface area (Å²) in [7, 11) is -1.74. The zero-order chi connectivity index (χ0) is 22.8. The fraction of sp³-hybridized carbons (Fsp3) is 0.458. The SMILES string of the molecule is COc1cccc(C(CN2CCCC2)NC(=O)C2(c3cccc(NS(C)(=O)=O)c3)CC2)c1. The molecule has 1 heterocycles. The number of sulfonamides is 1. The van der Waals surface area contributed by atoms with E-state index in [1.165, 1.54) is 12.8 Å². The van der Waals surface area contributed by atoms with Crippen molar-refractivity contribution in [3.8, 4) is 5.75 Å².